The molecule has 0 aromatic rings. The molecular formula is C13H26N2O3. The van der Waals surface area contributed by atoms with E-state index >= 15 is 0 Å². The van der Waals surface area contributed by atoms with Gasteiger partial charge in [0.2, 0.25) is 5.91 Å². The third-order valence-corrected chi connectivity index (χ3v) is 3.17. The fraction of sp³-hybridized carbons (Fsp3) is 0.923. The number of nitrogens with zero attached hydrogens (tertiary/aromatic N) is 1. The molecule has 106 valence electrons. The fourth-order valence-electron chi connectivity index (χ4n) is 2.42. The van der Waals surface area contributed by atoms with Crippen molar-refractivity contribution in [1.82, 2.24) is 10.2 Å². The number of rotatable bonds is 7. The summed E-state index contributed by atoms with van der Waals surface area (Å²) in [4.78, 5) is 14.0. The van der Waals surface area contributed by atoms with Crippen molar-refractivity contribution in [3.8, 4) is 0 Å². The maximum atomic E-state index is 12.2. The normalized spacial score (nSPS) is 21.6. The van der Waals surface area contributed by atoms with E-state index in [-0.39, 0.29) is 11.6 Å². The number of hydrogen-bond donors (Lipinski definition) is 1. The summed E-state index contributed by atoms with van der Waals surface area (Å²) < 4.78 is 10.5. The molecule has 0 spiro atoms. The fourth-order valence-corrected chi connectivity index (χ4v) is 2.42. The highest BCUT2D eigenvalue weighted by atomic mass is 16.5. The summed E-state index contributed by atoms with van der Waals surface area (Å²) in [6.07, 6.45) is 0.886. The molecule has 0 aromatic carbocycles. The van der Waals surface area contributed by atoms with Crippen LogP contribution in [0.1, 0.15) is 34.1 Å². The van der Waals surface area contributed by atoms with E-state index in [0.29, 0.717) is 26.4 Å². The monoisotopic (exact) mass is 258 g/mol. The first-order valence-corrected chi connectivity index (χ1v) is 6.49. The molecule has 0 bridgehead atoms. The van der Waals surface area contributed by atoms with E-state index in [9.17, 15) is 4.79 Å². The van der Waals surface area contributed by atoms with Crippen LogP contribution < -0.4 is 5.32 Å². The smallest absolute Gasteiger partial charge is 0.243 e. The van der Waals surface area contributed by atoms with Crippen molar-refractivity contribution in [3.05, 3.63) is 0 Å². The summed E-state index contributed by atoms with van der Waals surface area (Å²) in [5.41, 5.74) is -0.796. The molecule has 5 heteroatoms. The lowest BCUT2D eigenvalue weighted by Crippen LogP contribution is -2.49. The molecule has 0 saturated carbocycles. The van der Waals surface area contributed by atoms with Gasteiger partial charge in [-0.1, -0.05) is 0 Å². The standard InChI is InChI=1S/C13H26N2O3/c1-12(2)11(16)15(13(3,4)14-12)7-10-18-9-6-8-17-5/h14H,6-10H2,1-5H3. The molecule has 0 radical (unpaired) electrons. The average Bonchev–Trinajstić information content (AvgIpc) is 2.40. The Labute approximate surface area is 110 Å². The Hall–Kier alpha value is -0.650. The molecule has 1 amide bonds. The van der Waals surface area contributed by atoms with Gasteiger partial charge in [-0.2, -0.15) is 0 Å². The Kier molecular flexibility index (Phi) is 5.13. The van der Waals surface area contributed by atoms with Gasteiger partial charge in [-0.25, -0.2) is 0 Å². The molecule has 1 saturated heterocycles. The van der Waals surface area contributed by atoms with Crippen LogP contribution in [-0.4, -0.2) is 55.5 Å². The highest BCUT2D eigenvalue weighted by Gasteiger charge is 2.48. The Bertz CT molecular complexity index is 290. The molecule has 1 aliphatic heterocycles. The molecule has 0 unspecified atom stereocenters. The maximum absolute atomic E-state index is 12.2. The minimum atomic E-state index is -0.487. The second kappa shape index (κ2) is 5.99. The first-order valence-electron chi connectivity index (χ1n) is 6.49. The number of amides is 1. The van der Waals surface area contributed by atoms with Crippen molar-refractivity contribution in [2.75, 3.05) is 33.5 Å². The summed E-state index contributed by atoms with van der Waals surface area (Å²) in [6, 6.07) is 0. The zero-order chi connectivity index (χ0) is 13.8. The van der Waals surface area contributed by atoms with Gasteiger partial charge in [-0.05, 0) is 34.1 Å². The van der Waals surface area contributed by atoms with Crippen molar-refractivity contribution in [2.45, 2.75) is 45.3 Å². The Balaban J connectivity index is 2.35. The van der Waals surface area contributed by atoms with Crippen LogP contribution in [0.25, 0.3) is 0 Å². The topological polar surface area (TPSA) is 50.8 Å². The van der Waals surface area contributed by atoms with Gasteiger partial charge in [0, 0.05) is 26.9 Å². The summed E-state index contributed by atoms with van der Waals surface area (Å²) in [5.74, 6) is 0.132. The van der Waals surface area contributed by atoms with E-state index in [1.165, 1.54) is 0 Å². The second-order valence-corrected chi connectivity index (χ2v) is 5.72. The Morgan fingerprint density at radius 3 is 2.33 bits per heavy atom. The second-order valence-electron chi connectivity index (χ2n) is 5.72. The molecule has 1 heterocycles. The van der Waals surface area contributed by atoms with E-state index < -0.39 is 5.54 Å². The van der Waals surface area contributed by atoms with E-state index in [4.69, 9.17) is 9.47 Å². The van der Waals surface area contributed by atoms with Crippen molar-refractivity contribution in [1.29, 1.82) is 0 Å². The number of nitrogens with one attached hydrogen (secondary N) is 1. The number of carbonyl (C=O) groups is 1. The average molecular weight is 258 g/mol. The van der Waals surface area contributed by atoms with E-state index in [1.807, 2.05) is 32.6 Å². The highest BCUT2D eigenvalue weighted by molar-refractivity contribution is 5.88. The van der Waals surface area contributed by atoms with Gasteiger partial charge < -0.3 is 14.4 Å². The van der Waals surface area contributed by atoms with Crippen LogP contribution in [0.15, 0.2) is 0 Å². The quantitative estimate of drug-likeness (QED) is 0.692. The predicted octanol–water partition coefficient (Wildman–Crippen LogP) is 0.986. The summed E-state index contributed by atoms with van der Waals surface area (Å²) in [7, 11) is 1.68. The van der Waals surface area contributed by atoms with Gasteiger partial charge in [0.05, 0.1) is 17.8 Å². The van der Waals surface area contributed by atoms with Gasteiger partial charge in [-0.3, -0.25) is 10.1 Å². The molecule has 0 aliphatic carbocycles. The van der Waals surface area contributed by atoms with E-state index in [1.54, 1.807) is 7.11 Å². The van der Waals surface area contributed by atoms with E-state index in [2.05, 4.69) is 5.32 Å². The molecular weight excluding hydrogens is 232 g/mol. The minimum absolute atomic E-state index is 0.132. The van der Waals surface area contributed by atoms with E-state index in [0.717, 1.165) is 6.42 Å². The van der Waals surface area contributed by atoms with Crippen molar-refractivity contribution in [2.24, 2.45) is 0 Å². The third-order valence-electron chi connectivity index (χ3n) is 3.17. The number of methoxy groups -OCH3 is 1. The van der Waals surface area contributed by atoms with Crippen LogP contribution in [-0.2, 0) is 14.3 Å². The molecule has 1 fully saturated rings. The van der Waals surface area contributed by atoms with Crippen LogP contribution >= 0.6 is 0 Å². The Morgan fingerprint density at radius 2 is 1.83 bits per heavy atom. The molecule has 1 N–H and O–H groups in total. The van der Waals surface area contributed by atoms with Crippen molar-refractivity contribution in [3.63, 3.8) is 0 Å². The van der Waals surface area contributed by atoms with Crippen LogP contribution in [0.5, 0.6) is 0 Å². The molecule has 1 rings (SSSR count). The van der Waals surface area contributed by atoms with Gasteiger partial charge in [0.1, 0.15) is 0 Å². The predicted molar refractivity (Wildman–Crippen MR) is 70.3 cm³/mol. The lowest BCUT2D eigenvalue weighted by Gasteiger charge is -2.31. The largest absolute Gasteiger partial charge is 0.385 e. The highest BCUT2D eigenvalue weighted by Crippen LogP contribution is 2.27. The lowest BCUT2D eigenvalue weighted by molar-refractivity contribution is -0.134. The zero-order valence-electron chi connectivity index (χ0n) is 12.2. The maximum Gasteiger partial charge on any atom is 0.243 e. The van der Waals surface area contributed by atoms with Crippen molar-refractivity contribution >= 4 is 5.91 Å². The van der Waals surface area contributed by atoms with Crippen LogP contribution in [0.2, 0.25) is 0 Å². The van der Waals surface area contributed by atoms with Crippen molar-refractivity contribution < 1.29 is 14.3 Å². The van der Waals surface area contributed by atoms with Crippen LogP contribution in [0.4, 0.5) is 0 Å². The summed E-state index contributed by atoms with van der Waals surface area (Å²) in [5, 5.41) is 3.33. The van der Waals surface area contributed by atoms with Gasteiger partial charge in [-0.15, -0.1) is 0 Å². The van der Waals surface area contributed by atoms with Crippen LogP contribution in [0, 0.1) is 0 Å². The summed E-state index contributed by atoms with van der Waals surface area (Å²) in [6.45, 7) is 10.4. The number of hydrogen-bond acceptors (Lipinski definition) is 4. The molecule has 1 aliphatic rings. The van der Waals surface area contributed by atoms with Gasteiger partial charge in [0.15, 0.2) is 0 Å². The molecule has 5 nitrogen and oxygen atoms in total. The number of carbonyl (C=O) groups excluding carboxylic acids is 1. The van der Waals surface area contributed by atoms with Crippen LogP contribution in [0.3, 0.4) is 0 Å². The molecule has 0 aromatic heterocycles. The zero-order valence-corrected chi connectivity index (χ0v) is 12.2. The molecule has 0 atom stereocenters. The SMILES string of the molecule is COCCCOCCN1C(=O)C(C)(C)NC1(C)C. The first-order chi connectivity index (χ1) is 8.31. The first kappa shape index (κ1) is 15.4. The number of ether oxygens (including phenoxy) is 2. The Morgan fingerprint density at radius 1 is 1.17 bits per heavy atom. The molecule has 18 heavy (non-hydrogen) atoms. The van der Waals surface area contributed by atoms with Gasteiger partial charge >= 0.3 is 0 Å². The lowest BCUT2D eigenvalue weighted by atomic mass is 10.1. The van der Waals surface area contributed by atoms with Gasteiger partial charge in [0.25, 0.3) is 0 Å². The minimum Gasteiger partial charge on any atom is -0.385 e. The third kappa shape index (κ3) is 3.67. The summed E-state index contributed by atoms with van der Waals surface area (Å²) >= 11 is 0.